The van der Waals surface area contributed by atoms with Gasteiger partial charge in [0.2, 0.25) is 11.8 Å². The van der Waals surface area contributed by atoms with Crippen LogP contribution in [0.2, 0.25) is 0 Å². The fourth-order valence-corrected chi connectivity index (χ4v) is 2.22. The van der Waals surface area contributed by atoms with Crippen molar-refractivity contribution in [1.82, 2.24) is 9.80 Å². The molecule has 0 aromatic heterocycles. The number of likely N-dealkylation sites (tertiary alicyclic amines) is 1. The molecule has 0 saturated carbocycles. The van der Waals surface area contributed by atoms with Crippen molar-refractivity contribution in [3.63, 3.8) is 0 Å². The molecule has 0 bridgehead atoms. The Balaban J connectivity index is 1.71. The van der Waals surface area contributed by atoms with E-state index < -0.39 is 6.04 Å². The molecule has 2 aliphatic heterocycles. The third kappa shape index (κ3) is 3.02. The van der Waals surface area contributed by atoms with Gasteiger partial charge in [0.05, 0.1) is 25.7 Å². The lowest BCUT2D eigenvalue weighted by atomic mass is 10.3. The molecule has 0 aromatic rings. The SMILES string of the molecule is N[C@H]1CC(=O)N(CCCN2CCOCC2)C1=O. The van der Waals surface area contributed by atoms with Crippen LogP contribution in [0.15, 0.2) is 0 Å². The van der Waals surface area contributed by atoms with Crippen LogP contribution in [-0.2, 0) is 14.3 Å². The largest absolute Gasteiger partial charge is 0.379 e. The first-order valence-corrected chi connectivity index (χ1v) is 6.08. The highest BCUT2D eigenvalue weighted by atomic mass is 16.5. The summed E-state index contributed by atoms with van der Waals surface area (Å²) in [6.07, 6.45) is 0.973. The minimum Gasteiger partial charge on any atom is -0.379 e. The van der Waals surface area contributed by atoms with Gasteiger partial charge in [-0.05, 0) is 6.42 Å². The number of hydrogen-bond acceptors (Lipinski definition) is 5. The smallest absolute Gasteiger partial charge is 0.246 e. The highest BCUT2D eigenvalue weighted by molar-refractivity contribution is 6.05. The van der Waals surface area contributed by atoms with E-state index in [4.69, 9.17) is 10.5 Å². The first-order chi connectivity index (χ1) is 8.18. The van der Waals surface area contributed by atoms with Crippen LogP contribution in [0.4, 0.5) is 0 Å². The fourth-order valence-electron chi connectivity index (χ4n) is 2.22. The summed E-state index contributed by atoms with van der Waals surface area (Å²) < 4.78 is 5.25. The molecule has 2 heterocycles. The molecule has 0 aliphatic carbocycles. The van der Waals surface area contributed by atoms with E-state index in [9.17, 15) is 9.59 Å². The Morgan fingerprint density at radius 2 is 1.94 bits per heavy atom. The molecule has 6 heteroatoms. The molecule has 2 amide bonds. The summed E-state index contributed by atoms with van der Waals surface area (Å²) in [5.74, 6) is -0.360. The van der Waals surface area contributed by atoms with Crippen LogP contribution in [0.25, 0.3) is 0 Å². The van der Waals surface area contributed by atoms with Crippen molar-refractivity contribution >= 4 is 11.8 Å². The minimum atomic E-state index is -0.620. The highest BCUT2D eigenvalue weighted by Gasteiger charge is 2.35. The molecule has 0 radical (unpaired) electrons. The van der Waals surface area contributed by atoms with Gasteiger partial charge in [-0.15, -0.1) is 0 Å². The van der Waals surface area contributed by atoms with Gasteiger partial charge >= 0.3 is 0 Å². The lowest BCUT2D eigenvalue weighted by molar-refractivity contribution is -0.138. The molecule has 17 heavy (non-hydrogen) atoms. The number of imide groups is 1. The molecule has 1 atom stereocenters. The maximum absolute atomic E-state index is 11.5. The normalized spacial score (nSPS) is 26.9. The quantitative estimate of drug-likeness (QED) is 0.625. The standard InChI is InChI=1S/C11H19N3O3/c12-9-8-10(15)14(11(9)16)3-1-2-13-4-6-17-7-5-13/h9H,1-8,12H2/t9-/m0/s1. The van der Waals surface area contributed by atoms with Crippen molar-refractivity contribution < 1.29 is 14.3 Å². The average molecular weight is 241 g/mol. The third-order valence-corrected chi connectivity index (χ3v) is 3.24. The minimum absolute atomic E-state index is 0.135. The molecular formula is C11H19N3O3. The molecule has 2 N–H and O–H groups in total. The van der Waals surface area contributed by atoms with Crippen LogP contribution >= 0.6 is 0 Å². The highest BCUT2D eigenvalue weighted by Crippen LogP contribution is 2.11. The van der Waals surface area contributed by atoms with E-state index in [1.54, 1.807) is 0 Å². The molecule has 0 unspecified atom stereocenters. The van der Waals surface area contributed by atoms with Gasteiger partial charge in [0.25, 0.3) is 0 Å². The Bertz CT molecular complexity index is 302. The second kappa shape index (κ2) is 5.57. The van der Waals surface area contributed by atoms with E-state index >= 15 is 0 Å². The van der Waals surface area contributed by atoms with E-state index in [0.29, 0.717) is 6.54 Å². The van der Waals surface area contributed by atoms with Gasteiger partial charge in [-0.1, -0.05) is 0 Å². The summed E-state index contributed by atoms with van der Waals surface area (Å²) >= 11 is 0. The second-order valence-electron chi connectivity index (χ2n) is 4.50. The Morgan fingerprint density at radius 1 is 1.24 bits per heavy atom. The van der Waals surface area contributed by atoms with Crippen LogP contribution in [0, 0.1) is 0 Å². The predicted molar refractivity (Wildman–Crippen MR) is 61.2 cm³/mol. The molecule has 2 rings (SSSR count). The number of hydrogen-bond donors (Lipinski definition) is 1. The summed E-state index contributed by atoms with van der Waals surface area (Å²) in [5, 5.41) is 0. The van der Waals surface area contributed by atoms with E-state index in [2.05, 4.69) is 4.90 Å². The topological polar surface area (TPSA) is 75.9 Å². The molecule has 96 valence electrons. The molecule has 2 aliphatic rings. The zero-order chi connectivity index (χ0) is 12.3. The number of rotatable bonds is 4. The van der Waals surface area contributed by atoms with E-state index in [1.165, 1.54) is 4.90 Å². The zero-order valence-corrected chi connectivity index (χ0v) is 9.93. The van der Waals surface area contributed by atoms with Crippen molar-refractivity contribution in [3.8, 4) is 0 Å². The zero-order valence-electron chi connectivity index (χ0n) is 9.93. The number of ether oxygens (including phenoxy) is 1. The number of amides is 2. The van der Waals surface area contributed by atoms with Crippen molar-refractivity contribution in [2.24, 2.45) is 5.73 Å². The third-order valence-electron chi connectivity index (χ3n) is 3.24. The van der Waals surface area contributed by atoms with E-state index in [1.807, 2.05) is 0 Å². The van der Waals surface area contributed by atoms with E-state index in [0.717, 1.165) is 39.3 Å². The van der Waals surface area contributed by atoms with Crippen molar-refractivity contribution in [2.45, 2.75) is 18.9 Å². The van der Waals surface area contributed by atoms with Crippen LogP contribution in [-0.4, -0.2) is 67.0 Å². The lowest BCUT2D eigenvalue weighted by Gasteiger charge is -2.27. The van der Waals surface area contributed by atoms with Gasteiger partial charge in [-0.3, -0.25) is 19.4 Å². The maximum Gasteiger partial charge on any atom is 0.246 e. The van der Waals surface area contributed by atoms with Crippen LogP contribution in [0.3, 0.4) is 0 Å². The van der Waals surface area contributed by atoms with Gasteiger partial charge < -0.3 is 10.5 Å². The summed E-state index contributed by atoms with van der Waals surface area (Å²) in [7, 11) is 0. The number of morpholine rings is 1. The van der Waals surface area contributed by atoms with Gasteiger partial charge in [0, 0.05) is 26.2 Å². The van der Waals surface area contributed by atoms with Crippen LogP contribution in [0.1, 0.15) is 12.8 Å². The van der Waals surface area contributed by atoms with Gasteiger partial charge in [-0.2, -0.15) is 0 Å². The molecule has 0 spiro atoms. The summed E-state index contributed by atoms with van der Waals surface area (Å²) in [6, 6.07) is -0.620. The monoisotopic (exact) mass is 241 g/mol. The Labute approximate surface area is 101 Å². The summed E-state index contributed by atoms with van der Waals surface area (Å²) in [4.78, 5) is 26.6. The molecule has 0 aromatic carbocycles. The Morgan fingerprint density at radius 3 is 2.53 bits per heavy atom. The second-order valence-corrected chi connectivity index (χ2v) is 4.50. The lowest BCUT2D eigenvalue weighted by Crippen LogP contribution is -2.40. The van der Waals surface area contributed by atoms with Gasteiger partial charge in [-0.25, -0.2) is 0 Å². The first kappa shape index (κ1) is 12.5. The van der Waals surface area contributed by atoms with Crippen molar-refractivity contribution in [3.05, 3.63) is 0 Å². The maximum atomic E-state index is 11.5. The summed E-state index contributed by atoms with van der Waals surface area (Å²) in [5.41, 5.74) is 5.53. The Kier molecular flexibility index (Phi) is 4.09. The Hall–Kier alpha value is -0.980. The number of carbonyl (C=O) groups is 2. The number of carbonyl (C=O) groups excluding carboxylic acids is 2. The van der Waals surface area contributed by atoms with Gasteiger partial charge in [0.1, 0.15) is 0 Å². The van der Waals surface area contributed by atoms with Gasteiger partial charge in [0.15, 0.2) is 0 Å². The predicted octanol–water partition coefficient (Wildman–Crippen LogP) is -1.21. The van der Waals surface area contributed by atoms with E-state index in [-0.39, 0.29) is 18.2 Å². The van der Waals surface area contributed by atoms with Crippen molar-refractivity contribution in [2.75, 3.05) is 39.4 Å². The number of nitrogens with two attached hydrogens (primary N) is 1. The summed E-state index contributed by atoms with van der Waals surface area (Å²) in [6.45, 7) is 4.79. The molecule has 6 nitrogen and oxygen atoms in total. The first-order valence-electron chi connectivity index (χ1n) is 6.08. The van der Waals surface area contributed by atoms with Crippen LogP contribution < -0.4 is 5.73 Å². The van der Waals surface area contributed by atoms with Crippen molar-refractivity contribution in [1.29, 1.82) is 0 Å². The number of nitrogens with zero attached hydrogens (tertiary/aromatic N) is 2. The molecule has 2 saturated heterocycles. The fraction of sp³-hybridized carbons (Fsp3) is 0.818. The average Bonchev–Trinajstić information content (AvgIpc) is 2.57. The molecule has 2 fully saturated rings. The molecular weight excluding hydrogens is 222 g/mol. The van der Waals surface area contributed by atoms with Crippen LogP contribution in [0.5, 0.6) is 0 Å².